The van der Waals surface area contributed by atoms with Crippen LogP contribution in [0.5, 0.6) is 0 Å². The maximum atomic E-state index is 12.8. The van der Waals surface area contributed by atoms with E-state index in [1.54, 1.807) is 24.2 Å². The second kappa shape index (κ2) is 6.02. The van der Waals surface area contributed by atoms with Crippen molar-refractivity contribution in [2.45, 2.75) is 32.7 Å². The standard InChI is InChI=1S/C17H22N4O2/c1-12-6-7-15(16(22)19(12)3)17(23)20-9-4-5-14(11-20)21-10-8-18-13(21)2/h6-8,10,14H,4-5,9,11H2,1-3H3/t14-/m0/s1. The number of imidazole rings is 1. The van der Waals surface area contributed by atoms with Crippen molar-refractivity contribution < 1.29 is 4.79 Å². The van der Waals surface area contributed by atoms with E-state index in [4.69, 9.17) is 0 Å². The molecule has 0 aliphatic carbocycles. The van der Waals surface area contributed by atoms with Gasteiger partial charge in [-0.05, 0) is 38.8 Å². The van der Waals surface area contributed by atoms with Gasteiger partial charge in [-0.25, -0.2) is 4.98 Å². The number of aryl methyl sites for hydroxylation is 2. The number of pyridine rings is 1. The highest BCUT2D eigenvalue weighted by molar-refractivity contribution is 5.94. The number of hydrogen-bond acceptors (Lipinski definition) is 3. The molecule has 3 rings (SSSR count). The molecular formula is C17H22N4O2. The summed E-state index contributed by atoms with van der Waals surface area (Å²) in [5.74, 6) is 0.781. The van der Waals surface area contributed by atoms with Crippen LogP contribution in [0.1, 0.15) is 40.8 Å². The van der Waals surface area contributed by atoms with Gasteiger partial charge >= 0.3 is 0 Å². The van der Waals surface area contributed by atoms with Crippen molar-refractivity contribution in [2.75, 3.05) is 13.1 Å². The number of nitrogens with zero attached hydrogens (tertiary/aromatic N) is 4. The molecule has 1 amide bonds. The summed E-state index contributed by atoms with van der Waals surface area (Å²) < 4.78 is 3.64. The van der Waals surface area contributed by atoms with Gasteiger partial charge in [0.1, 0.15) is 11.4 Å². The molecule has 0 bridgehead atoms. The fourth-order valence-corrected chi connectivity index (χ4v) is 3.20. The molecule has 6 nitrogen and oxygen atoms in total. The Morgan fingerprint density at radius 1 is 1.30 bits per heavy atom. The number of carbonyl (C=O) groups is 1. The molecule has 1 saturated heterocycles. The lowest BCUT2D eigenvalue weighted by molar-refractivity contribution is 0.0676. The van der Waals surface area contributed by atoms with Gasteiger partial charge in [0.25, 0.3) is 11.5 Å². The zero-order valence-electron chi connectivity index (χ0n) is 13.8. The Morgan fingerprint density at radius 3 is 2.78 bits per heavy atom. The molecule has 0 unspecified atom stereocenters. The average Bonchev–Trinajstić information content (AvgIpc) is 2.98. The Labute approximate surface area is 135 Å². The quantitative estimate of drug-likeness (QED) is 0.847. The molecule has 2 aromatic heterocycles. The SMILES string of the molecule is Cc1nccn1[C@H]1CCCN(C(=O)c2ccc(C)n(C)c2=O)C1. The van der Waals surface area contributed by atoms with Crippen molar-refractivity contribution in [1.29, 1.82) is 0 Å². The first kappa shape index (κ1) is 15.5. The minimum absolute atomic E-state index is 0.173. The topological polar surface area (TPSA) is 60.1 Å². The summed E-state index contributed by atoms with van der Waals surface area (Å²) in [5.41, 5.74) is 0.870. The van der Waals surface area contributed by atoms with Gasteiger partial charge in [-0.1, -0.05) is 0 Å². The highest BCUT2D eigenvalue weighted by Gasteiger charge is 2.27. The van der Waals surface area contributed by atoms with Gasteiger partial charge < -0.3 is 14.0 Å². The number of likely N-dealkylation sites (tertiary alicyclic amines) is 1. The first-order chi connectivity index (χ1) is 11.0. The molecule has 1 aliphatic heterocycles. The van der Waals surface area contributed by atoms with Crippen LogP contribution in [0.4, 0.5) is 0 Å². The van der Waals surface area contributed by atoms with Crippen molar-refractivity contribution in [3.63, 3.8) is 0 Å². The summed E-state index contributed by atoms with van der Waals surface area (Å²) in [5, 5.41) is 0. The lowest BCUT2D eigenvalue weighted by Crippen LogP contribution is -2.43. The number of rotatable bonds is 2. The van der Waals surface area contributed by atoms with Gasteiger partial charge in [0.05, 0.1) is 6.04 Å². The predicted octanol–water partition coefficient (Wildman–Crippen LogP) is 1.68. The van der Waals surface area contributed by atoms with Gasteiger partial charge in [0.2, 0.25) is 0 Å². The number of amides is 1. The molecule has 23 heavy (non-hydrogen) atoms. The molecule has 1 atom stereocenters. The monoisotopic (exact) mass is 314 g/mol. The fourth-order valence-electron chi connectivity index (χ4n) is 3.20. The number of aromatic nitrogens is 3. The fraction of sp³-hybridized carbons (Fsp3) is 0.471. The molecule has 2 aromatic rings. The van der Waals surface area contributed by atoms with Crippen molar-refractivity contribution in [3.8, 4) is 0 Å². The Hall–Kier alpha value is -2.37. The molecular weight excluding hydrogens is 292 g/mol. The third kappa shape index (κ3) is 2.81. The summed E-state index contributed by atoms with van der Waals surface area (Å²) >= 11 is 0. The zero-order valence-corrected chi connectivity index (χ0v) is 13.8. The highest BCUT2D eigenvalue weighted by Crippen LogP contribution is 2.23. The van der Waals surface area contributed by atoms with Gasteiger partial charge in [0.15, 0.2) is 0 Å². The van der Waals surface area contributed by atoms with Crippen molar-refractivity contribution in [2.24, 2.45) is 7.05 Å². The van der Waals surface area contributed by atoms with Crippen LogP contribution in [-0.2, 0) is 7.05 Å². The van der Waals surface area contributed by atoms with Crippen molar-refractivity contribution in [3.05, 3.63) is 52.0 Å². The van der Waals surface area contributed by atoms with Crippen LogP contribution in [-0.4, -0.2) is 38.0 Å². The van der Waals surface area contributed by atoms with Crippen LogP contribution in [0, 0.1) is 13.8 Å². The highest BCUT2D eigenvalue weighted by atomic mass is 16.2. The minimum atomic E-state index is -0.226. The molecule has 122 valence electrons. The van der Waals surface area contributed by atoms with Gasteiger partial charge in [-0.2, -0.15) is 0 Å². The summed E-state index contributed by atoms with van der Waals surface area (Å²) in [6.45, 7) is 5.14. The summed E-state index contributed by atoms with van der Waals surface area (Å²) in [4.78, 5) is 31.2. The van der Waals surface area contributed by atoms with Crippen LogP contribution in [0.2, 0.25) is 0 Å². The number of carbonyl (C=O) groups excluding carboxylic acids is 1. The Bertz CT molecular complexity index is 790. The van der Waals surface area contributed by atoms with Gasteiger partial charge in [0, 0.05) is 38.2 Å². The number of hydrogen-bond donors (Lipinski definition) is 0. The first-order valence-electron chi connectivity index (χ1n) is 7.94. The van der Waals surface area contributed by atoms with E-state index >= 15 is 0 Å². The van der Waals surface area contributed by atoms with E-state index in [2.05, 4.69) is 9.55 Å². The second-order valence-corrected chi connectivity index (χ2v) is 6.18. The summed E-state index contributed by atoms with van der Waals surface area (Å²) in [6, 6.07) is 3.69. The second-order valence-electron chi connectivity index (χ2n) is 6.18. The van der Waals surface area contributed by atoms with E-state index in [9.17, 15) is 9.59 Å². The van der Waals surface area contributed by atoms with Crippen LogP contribution in [0.25, 0.3) is 0 Å². The normalized spacial score (nSPS) is 18.2. The smallest absolute Gasteiger partial charge is 0.263 e. The molecule has 0 aromatic carbocycles. The predicted molar refractivity (Wildman–Crippen MR) is 87.6 cm³/mol. The molecule has 6 heteroatoms. The van der Waals surface area contributed by atoms with Crippen LogP contribution >= 0.6 is 0 Å². The van der Waals surface area contributed by atoms with E-state index in [1.165, 1.54) is 4.57 Å². The van der Waals surface area contributed by atoms with E-state index in [1.807, 2.05) is 26.1 Å². The third-order valence-corrected chi connectivity index (χ3v) is 4.73. The maximum absolute atomic E-state index is 12.8. The lowest BCUT2D eigenvalue weighted by atomic mass is 10.0. The molecule has 0 spiro atoms. The molecule has 1 aliphatic rings. The third-order valence-electron chi connectivity index (χ3n) is 4.73. The maximum Gasteiger partial charge on any atom is 0.263 e. The average molecular weight is 314 g/mol. The Balaban J connectivity index is 1.84. The van der Waals surface area contributed by atoms with Crippen LogP contribution in [0.15, 0.2) is 29.3 Å². The molecule has 3 heterocycles. The Kier molecular flexibility index (Phi) is 4.07. The molecule has 0 radical (unpaired) electrons. The number of piperidine rings is 1. The van der Waals surface area contributed by atoms with Crippen LogP contribution in [0.3, 0.4) is 0 Å². The van der Waals surface area contributed by atoms with Crippen molar-refractivity contribution >= 4 is 5.91 Å². The van der Waals surface area contributed by atoms with Gasteiger partial charge in [-0.3, -0.25) is 9.59 Å². The van der Waals surface area contributed by atoms with E-state index in [-0.39, 0.29) is 23.1 Å². The van der Waals surface area contributed by atoms with E-state index in [0.717, 1.165) is 24.4 Å². The Morgan fingerprint density at radius 2 is 2.09 bits per heavy atom. The molecule has 1 fully saturated rings. The largest absolute Gasteiger partial charge is 0.336 e. The minimum Gasteiger partial charge on any atom is -0.336 e. The van der Waals surface area contributed by atoms with E-state index in [0.29, 0.717) is 13.1 Å². The van der Waals surface area contributed by atoms with Gasteiger partial charge in [-0.15, -0.1) is 0 Å². The first-order valence-corrected chi connectivity index (χ1v) is 7.94. The lowest BCUT2D eigenvalue weighted by Gasteiger charge is -2.34. The van der Waals surface area contributed by atoms with Crippen LogP contribution < -0.4 is 5.56 Å². The zero-order chi connectivity index (χ0) is 16.6. The summed E-state index contributed by atoms with van der Waals surface area (Å²) in [6.07, 6.45) is 5.69. The summed E-state index contributed by atoms with van der Waals surface area (Å²) in [7, 11) is 1.70. The molecule has 0 N–H and O–H groups in total. The van der Waals surface area contributed by atoms with Crippen molar-refractivity contribution in [1.82, 2.24) is 19.0 Å². The molecule has 0 saturated carbocycles. The van der Waals surface area contributed by atoms with E-state index < -0.39 is 0 Å².